The molecule has 0 spiro atoms. The first-order valence-electron chi connectivity index (χ1n) is 10.7. The Hall–Kier alpha value is -2.50. The van der Waals surface area contributed by atoms with Gasteiger partial charge in [0.1, 0.15) is 12.3 Å². The molecule has 6 nitrogen and oxygen atoms in total. The molecule has 2 aromatic heterocycles. The molecule has 2 heterocycles. The number of hydrogen-bond acceptors (Lipinski definition) is 3. The topological polar surface area (TPSA) is 58.7 Å². The lowest BCUT2D eigenvalue weighted by molar-refractivity contribution is -0.143. The molecule has 160 valence electrons. The Balaban J connectivity index is 2.13. The first-order chi connectivity index (χ1) is 14.0. The van der Waals surface area contributed by atoms with E-state index in [-0.39, 0.29) is 24.4 Å². The number of carbonyl (C=O) groups excluding carboxylic acids is 2. The fourth-order valence-electron chi connectivity index (χ4n) is 3.30. The van der Waals surface area contributed by atoms with Crippen LogP contribution in [0.2, 0.25) is 0 Å². The number of unbranched alkanes of at least 4 members (excludes halogenated alkanes) is 2. The van der Waals surface area contributed by atoms with Gasteiger partial charge in [0.25, 0.3) is 0 Å². The normalized spacial score (nSPS) is 12.0. The third kappa shape index (κ3) is 6.80. The van der Waals surface area contributed by atoms with Crippen molar-refractivity contribution in [3.8, 4) is 0 Å². The number of aryl methyl sites for hydroxylation is 1. The van der Waals surface area contributed by atoms with Crippen LogP contribution in [0, 0.1) is 0 Å². The minimum absolute atomic E-state index is 0.0357. The lowest BCUT2D eigenvalue weighted by Crippen LogP contribution is -2.46. The fraction of sp³-hybridized carbons (Fsp3) is 0.565. The summed E-state index contributed by atoms with van der Waals surface area (Å²) in [5.41, 5.74) is 1.04. The molecule has 0 radical (unpaired) electrons. The van der Waals surface area contributed by atoms with Crippen molar-refractivity contribution in [1.82, 2.24) is 14.4 Å². The highest BCUT2D eigenvalue weighted by Crippen LogP contribution is 2.14. The molecule has 0 aliphatic heterocycles. The zero-order valence-electron chi connectivity index (χ0n) is 18.3. The number of furan rings is 1. The van der Waals surface area contributed by atoms with Crippen molar-refractivity contribution in [3.63, 3.8) is 0 Å². The molecule has 0 aliphatic carbocycles. The van der Waals surface area contributed by atoms with Crippen LogP contribution < -0.4 is 0 Å². The molecule has 1 atom stereocenters. The second-order valence-corrected chi connectivity index (χ2v) is 7.68. The standard InChI is InChI=1S/C23H35N3O3/c1-5-7-8-13-22(27)26(19(3)6-2)18-23(28)25(17-21-12-10-15-29-21)16-20-11-9-14-24(20)4/h9-12,14-15,19H,5-8,13,16-18H2,1-4H3/t19-/m1/s1. The Bertz CT molecular complexity index is 751. The van der Waals surface area contributed by atoms with Crippen LogP contribution in [0.25, 0.3) is 0 Å². The summed E-state index contributed by atoms with van der Waals surface area (Å²) in [4.78, 5) is 29.6. The van der Waals surface area contributed by atoms with Crippen molar-refractivity contribution < 1.29 is 14.0 Å². The number of aromatic nitrogens is 1. The average Bonchev–Trinajstić information content (AvgIpc) is 3.37. The fourth-order valence-corrected chi connectivity index (χ4v) is 3.30. The molecule has 0 fully saturated rings. The summed E-state index contributed by atoms with van der Waals surface area (Å²) in [7, 11) is 1.97. The van der Waals surface area contributed by atoms with Crippen LogP contribution in [0.4, 0.5) is 0 Å². The SMILES string of the molecule is CCCCCC(=O)N(CC(=O)N(Cc1ccco1)Cc1cccn1C)[C@H](C)CC. The van der Waals surface area contributed by atoms with Crippen molar-refractivity contribution in [2.75, 3.05) is 6.54 Å². The van der Waals surface area contributed by atoms with Crippen molar-refractivity contribution in [2.24, 2.45) is 7.05 Å². The Labute approximate surface area is 174 Å². The Morgan fingerprint density at radius 1 is 1.10 bits per heavy atom. The summed E-state index contributed by atoms with van der Waals surface area (Å²) in [6, 6.07) is 7.70. The molecular formula is C23H35N3O3. The smallest absolute Gasteiger partial charge is 0.242 e. The third-order valence-corrected chi connectivity index (χ3v) is 5.43. The van der Waals surface area contributed by atoms with Gasteiger partial charge in [-0.05, 0) is 44.0 Å². The van der Waals surface area contributed by atoms with Crippen LogP contribution >= 0.6 is 0 Å². The maximum atomic E-state index is 13.3. The maximum Gasteiger partial charge on any atom is 0.242 e. The van der Waals surface area contributed by atoms with Gasteiger partial charge in [0, 0.05) is 31.4 Å². The maximum absolute atomic E-state index is 13.3. The van der Waals surface area contributed by atoms with Gasteiger partial charge in [-0.15, -0.1) is 0 Å². The summed E-state index contributed by atoms with van der Waals surface area (Å²) < 4.78 is 7.47. The van der Waals surface area contributed by atoms with Crippen molar-refractivity contribution >= 4 is 11.8 Å². The predicted octanol–water partition coefficient (Wildman–Crippen LogP) is 4.35. The van der Waals surface area contributed by atoms with E-state index in [4.69, 9.17) is 4.42 Å². The Morgan fingerprint density at radius 3 is 2.48 bits per heavy atom. The molecule has 0 saturated heterocycles. The van der Waals surface area contributed by atoms with E-state index >= 15 is 0 Å². The highest BCUT2D eigenvalue weighted by atomic mass is 16.3. The van der Waals surface area contributed by atoms with Gasteiger partial charge in [-0.2, -0.15) is 0 Å². The molecule has 2 aromatic rings. The summed E-state index contributed by atoms with van der Waals surface area (Å²) >= 11 is 0. The summed E-state index contributed by atoms with van der Waals surface area (Å²) in [5.74, 6) is 0.738. The van der Waals surface area contributed by atoms with E-state index in [1.165, 1.54) is 0 Å². The van der Waals surface area contributed by atoms with E-state index in [0.717, 1.165) is 37.1 Å². The summed E-state index contributed by atoms with van der Waals surface area (Å²) in [6.07, 6.45) is 7.88. The van der Waals surface area contributed by atoms with Gasteiger partial charge >= 0.3 is 0 Å². The molecule has 2 amide bonds. The lowest BCUT2D eigenvalue weighted by atomic mass is 10.1. The number of nitrogens with zero attached hydrogens (tertiary/aromatic N) is 3. The third-order valence-electron chi connectivity index (χ3n) is 5.43. The van der Waals surface area contributed by atoms with E-state index in [2.05, 4.69) is 6.92 Å². The molecule has 0 aliphatic rings. The van der Waals surface area contributed by atoms with Crippen molar-refractivity contribution in [2.45, 2.75) is 72.0 Å². The van der Waals surface area contributed by atoms with Crippen LogP contribution in [0.5, 0.6) is 0 Å². The van der Waals surface area contributed by atoms with E-state index in [1.807, 2.05) is 55.9 Å². The molecule has 0 unspecified atom stereocenters. The molecule has 0 aromatic carbocycles. The van der Waals surface area contributed by atoms with Gasteiger partial charge in [-0.25, -0.2) is 0 Å². The van der Waals surface area contributed by atoms with Crippen LogP contribution in [0.15, 0.2) is 41.1 Å². The quantitative estimate of drug-likeness (QED) is 0.497. The molecule has 29 heavy (non-hydrogen) atoms. The predicted molar refractivity (Wildman–Crippen MR) is 114 cm³/mol. The minimum Gasteiger partial charge on any atom is -0.467 e. The van der Waals surface area contributed by atoms with Crippen molar-refractivity contribution in [3.05, 3.63) is 48.2 Å². The van der Waals surface area contributed by atoms with Gasteiger partial charge in [0.05, 0.1) is 19.4 Å². The minimum atomic E-state index is -0.0632. The van der Waals surface area contributed by atoms with Crippen LogP contribution in [0.3, 0.4) is 0 Å². The average molecular weight is 402 g/mol. The Kier molecular flexibility index (Phi) is 9.03. The second kappa shape index (κ2) is 11.5. The van der Waals surface area contributed by atoms with Crippen LogP contribution in [-0.2, 0) is 29.7 Å². The number of rotatable bonds is 12. The monoisotopic (exact) mass is 401 g/mol. The molecule has 6 heteroatoms. The van der Waals surface area contributed by atoms with Gasteiger partial charge in [-0.3, -0.25) is 9.59 Å². The van der Waals surface area contributed by atoms with Gasteiger partial charge in [0.15, 0.2) is 0 Å². The molecule has 0 N–H and O–H groups in total. The van der Waals surface area contributed by atoms with Gasteiger partial charge in [-0.1, -0.05) is 26.7 Å². The highest BCUT2D eigenvalue weighted by Gasteiger charge is 2.25. The number of hydrogen-bond donors (Lipinski definition) is 0. The van der Waals surface area contributed by atoms with Crippen LogP contribution in [0.1, 0.15) is 64.3 Å². The molecule has 2 rings (SSSR count). The van der Waals surface area contributed by atoms with Crippen molar-refractivity contribution in [1.29, 1.82) is 0 Å². The zero-order chi connectivity index (χ0) is 21.2. The second-order valence-electron chi connectivity index (χ2n) is 7.68. The number of carbonyl (C=O) groups is 2. The first-order valence-corrected chi connectivity index (χ1v) is 10.7. The Morgan fingerprint density at radius 2 is 1.90 bits per heavy atom. The van der Waals surface area contributed by atoms with Crippen LogP contribution in [-0.4, -0.2) is 38.8 Å². The number of amides is 2. The van der Waals surface area contributed by atoms with E-state index < -0.39 is 0 Å². The van der Waals surface area contributed by atoms with Gasteiger partial charge < -0.3 is 18.8 Å². The van der Waals surface area contributed by atoms with E-state index in [1.54, 1.807) is 16.1 Å². The first kappa shape index (κ1) is 22.8. The van der Waals surface area contributed by atoms with Gasteiger partial charge in [0.2, 0.25) is 11.8 Å². The zero-order valence-corrected chi connectivity index (χ0v) is 18.3. The molecular weight excluding hydrogens is 366 g/mol. The summed E-state index contributed by atoms with van der Waals surface area (Å²) in [5, 5.41) is 0. The highest BCUT2D eigenvalue weighted by molar-refractivity contribution is 5.85. The lowest BCUT2D eigenvalue weighted by Gasteiger charge is -2.31. The molecule has 0 saturated carbocycles. The largest absolute Gasteiger partial charge is 0.467 e. The van der Waals surface area contributed by atoms with E-state index in [0.29, 0.717) is 19.5 Å². The molecule has 0 bridgehead atoms. The summed E-state index contributed by atoms with van der Waals surface area (Å²) in [6.45, 7) is 7.14. The van der Waals surface area contributed by atoms with E-state index in [9.17, 15) is 9.59 Å².